The van der Waals surface area contributed by atoms with Gasteiger partial charge in [0.1, 0.15) is 0 Å². The molecule has 3 rings (SSSR count). The second-order valence-electron chi connectivity index (χ2n) is 5.97. The van der Waals surface area contributed by atoms with Gasteiger partial charge in [0.2, 0.25) is 15.9 Å². The number of nitrogens with zero attached hydrogens (tertiary/aromatic N) is 1. The number of nitrogens with one attached hydrogen (secondary N) is 2. The maximum atomic E-state index is 12.7. The van der Waals surface area contributed by atoms with Crippen molar-refractivity contribution >= 4 is 34.0 Å². The van der Waals surface area contributed by atoms with E-state index in [0.717, 1.165) is 19.4 Å². The lowest BCUT2D eigenvalue weighted by Gasteiger charge is -2.34. The number of carbonyl (C=O) groups is 1. The fourth-order valence-electron chi connectivity index (χ4n) is 3.30. The van der Waals surface area contributed by atoms with E-state index >= 15 is 0 Å². The van der Waals surface area contributed by atoms with Crippen molar-refractivity contribution in [3.05, 3.63) is 24.3 Å². The molecule has 23 heavy (non-hydrogen) atoms. The van der Waals surface area contributed by atoms with Crippen molar-refractivity contribution in [2.24, 2.45) is 5.92 Å². The minimum absolute atomic E-state index is 0. The molecule has 8 heteroatoms. The maximum Gasteiger partial charge on any atom is 0.243 e. The van der Waals surface area contributed by atoms with Gasteiger partial charge in [0.05, 0.1) is 4.90 Å². The number of carbonyl (C=O) groups excluding carboxylic acids is 1. The van der Waals surface area contributed by atoms with Crippen molar-refractivity contribution in [1.82, 2.24) is 9.62 Å². The van der Waals surface area contributed by atoms with Crippen molar-refractivity contribution in [2.75, 3.05) is 25.0 Å². The van der Waals surface area contributed by atoms with Crippen LogP contribution in [-0.2, 0) is 14.8 Å². The first kappa shape index (κ1) is 18.2. The van der Waals surface area contributed by atoms with Crippen molar-refractivity contribution in [3.8, 4) is 0 Å². The smallest absolute Gasteiger partial charge is 0.243 e. The molecule has 2 fully saturated rings. The highest BCUT2D eigenvalue weighted by Gasteiger charge is 2.37. The molecule has 2 atom stereocenters. The average molecular weight is 360 g/mol. The van der Waals surface area contributed by atoms with Crippen LogP contribution in [0, 0.1) is 5.92 Å². The van der Waals surface area contributed by atoms with Crippen LogP contribution in [0.25, 0.3) is 0 Å². The van der Waals surface area contributed by atoms with Gasteiger partial charge in [-0.15, -0.1) is 12.4 Å². The van der Waals surface area contributed by atoms with Gasteiger partial charge in [-0.1, -0.05) is 0 Å². The van der Waals surface area contributed by atoms with Crippen molar-refractivity contribution in [2.45, 2.75) is 30.7 Å². The first-order chi connectivity index (χ1) is 10.5. The van der Waals surface area contributed by atoms with Crippen molar-refractivity contribution in [3.63, 3.8) is 0 Å². The van der Waals surface area contributed by atoms with Gasteiger partial charge in [-0.25, -0.2) is 8.42 Å². The number of anilines is 1. The zero-order chi connectivity index (χ0) is 15.7. The summed E-state index contributed by atoms with van der Waals surface area (Å²) in [4.78, 5) is 11.3. The van der Waals surface area contributed by atoms with Crippen LogP contribution in [0.5, 0.6) is 0 Å². The molecular formula is C15H22ClN3O3S. The maximum absolute atomic E-state index is 12.7. The summed E-state index contributed by atoms with van der Waals surface area (Å²) in [5.74, 6) is 0.244. The highest BCUT2D eigenvalue weighted by molar-refractivity contribution is 7.89. The molecule has 2 aliphatic heterocycles. The van der Waals surface area contributed by atoms with E-state index in [1.807, 2.05) is 0 Å². The average Bonchev–Trinajstić information content (AvgIpc) is 2.94. The van der Waals surface area contributed by atoms with Crippen LogP contribution in [-0.4, -0.2) is 44.3 Å². The van der Waals surface area contributed by atoms with Crippen LogP contribution in [0.15, 0.2) is 29.2 Å². The zero-order valence-electron chi connectivity index (χ0n) is 13.0. The second-order valence-corrected chi connectivity index (χ2v) is 7.90. The lowest BCUT2D eigenvalue weighted by atomic mass is 9.95. The SMILES string of the molecule is CC(=O)Nc1ccc(S(=O)(=O)N2CCC3NCCC3C2)cc1.Cl. The standard InChI is InChI=1S/C15H21N3O3S.ClH/c1-11(19)17-13-2-4-14(5-3-13)22(20,21)18-9-7-15-12(10-18)6-8-16-15;/h2-5,12,15-16H,6-10H2,1H3,(H,17,19);1H. The Bertz CT molecular complexity index is 663. The summed E-state index contributed by atoms with van der Waals surface area (Å²) in [6.07, 6.45) is 1.91. The van der Waals surface area contributed by atoms with E-state index in [0.29, 0.717) is 30.7 Å². The molecule has 1 aromatic rings. The molecule has 6 nitrogen and oxygen atoms in total. The number of benzene rings is 1. The minimum atomic E-state index is -3.45. The second kappa shape index (κ2) is 7.17. The van der Waals surface area contributed by atoms with Gasteiger partial charge in [0.15, 0.2) is 0 Å². The number of halogens is 1. The first-order valence-electron chi connectivity index (χ1n) is 7.58. The van der Waals surface area contributed by atoms with E-state index < -0.39 is 10.0 Å². The predicted molar refractivity (Wildman–Crippen MR) is 91.3 cm³/mol. The number of hydrogen-bond donors (Lipinski definition) is 2. The Hall–Kier alpha value is -1.15. The Kier molecular flexibility index (Phi) is 5.67. The van der Waals surface area contributed by atoms with E-state index in [4.69, 9.17) is 0 Å². The van der Waals surface area contributed by atoms with Gasteiger partial charge >= 0.3 is 0 Å². The van der Waals surface area contributed by atoms with Gasteiger partial charge in [0, 0.05) is 31.7 Å². The molecule has 2 saturated heterocycles. The largest absolute Gasteiger partial charge is 0.326 e. The molecule has 2 aliphatic rings. The van der Waals surface area contributed by atoms with E-state index in [-0.39, 0.29) is 23.2 Å². The quantitative estimate of drug-likeness (QED) is 0.856. The third kappa shape index (κ3) is 3.85. The molecule has 0 bridgehead atoms. The van der Waals surface area contributed by atoms with Crippen molar-refractivity contribution in [1.29, 1.82) is 0 Å². The number of fused-ring (bicyclic) bond motifs is 1. The Morgan fingerprint density at radius 3 is 2.61 bits per heavy atom. The molecule has 0 spiro atoms. The van der Waals surface area contributed by atoms with Crippen molar-refractivity contribution < 1.29 is 13.2 Å². The highest BCUT2D eigenvalue weighted by atomic mass is 35.5. The minimum Gasteiger partial charge on any atom is -0.326 e. The Morgan fingerprint density at radius 1 is 1.26 bits per heavy atom. The third-order valence-corrected chi connectivity index (χ3v) is 6.31. The predicted octanol–water partition coefficient (Wildman–Crippen LogP) is 1.44. The Morgan fingerprint density at radius 2 is 1.96 bits per heavy atom. The summed E-state index contributed by atoms with van der Waals surface area (Å²) in [7, 11) is -3.45. The van der Waals surface area contributed by atoms with Gasteiger partial charge < -0.3 is 10.6 Å². The van der Waals surface area contributed by atoms with E-state index in [9.17, 15) is 13.2 Å². The summed E-state index contributed by atoms with van der Waals surface area (Å²) in [6.45, 7) is 3.55. The molecule has 1 aromatic carbocycles. The molecule has 2 heterocycles. The lowest BCUT2D eigenvalue weighted by molar-refractivity contribution is -0.114. The number of piperidine rings is 1. The molecule has 128 valence electrons. The Labute approximate surface area is 143 Å². The van der Waals surface area contributed by atoms with Crippen LogP contribution in [0.4, 0.5) is 5.69 Å². The van der Waals surface area contributed by atoms with Crippen LogP contribution in [0.3, 0.4) is 0 Å². The van der Waals surface area contributed by atoms with Gasteiger partial charge in [-0.3, -0.25) is 4.79 Å². The fourth-order valence-corrected chi connectivity index (χ4v) is 4.81. The van der Waals surface area contributed by atoms with Crippen LogP contribution in [0.1, 0.15) is 19.8 Å². The van der Waals surface area contributed by atoms with E-state index in [1.165, 1.54) is 6.92 Å². The summed E-state index contributed by atoms with van der Waals surface area (Å²) in [5, 5.41) is 6.07. The summed E-state index contributed by atoms with van der Waals surface area (Å²) >= 11 is 0. The molecule has 1 amide bonds. The van der Waals surface area contributed by atoms with E-state index in [2.05, 4.69) is 10.6 Å². The number of amides is 1. The van der Waals surface area contributed by atoms with Gasteiger partial charge in [-0.05, 0) is 49.6 Å². The summed E-state index contributed by atoms with van der Waals surface area (Å²) in [6, 6.07) is 6.82. The fraction of sp³-hybridized carbons (Fsp3) is 0.533. The topological polar surface area (TPSA) is 78.5 Å². The lowest BCUT2D eigenvalue weighted by Crippen LogP contribution is -2.46. The van der Waals surface area contributed by atoms with Crippen LogP contribution in [0.2, 0.25) is 0 Å². The molecule has 0 saturated carbocycles. The van der Waals surface area contributed by atoms with Crippen LogP contribution >= 0.6 is 12.4 Å². The number of hydrogen-bond acceptors (Lipinski definition) is 4. The molecular weight excluding hydrogens is 338 g/mol. The van der Waals surface area contributed by atoms with E-state index in [1.54, 1.807) is 28.6 Å². The third-order valence-electron chi connectivity index (χ3n) is 4.43. The van der Waals surface area contributed by atoms with Gasteiger partial charge in [-0.2, -0.15) is 4.31 Å². The normalized spacial score (nSPS) is 24.6. The molecule has 2 N–H and O–H groups in total. The van der Waals surface area contributed by atoms with Gasteiger partial charge in [0.25, 0.3) is 0 Å². The molecule has 0 aliphatic carbocycles. The van der Waals surface area contributed by atoms with Crippen LogP contribution < -0.4 is 10.6 Å². The molecule has 2 unspecified atom stereocenters. The Balaban J connectivity index is 0.00000192. The zero-order valence-corrected chi connectivity index (χ0v) is 14.6. The molecule has 0 radical (unpaired) electrons. The number of rotatable bonds is 3. The highest BCUT2D eigenvalue weighted by Crippen LogP contribution is 2.28. The monoisotopic (exact) mass is 359 g/mol. The molecule has 0 aromatic heterocycles. The first-order valence-corrected chi connectivity index (χ1v) is 9.02. The number of sulfonamides is 1. The summed E-state index contributed by atoms with van der Waals surface area (Å²) in [5.41, 5.74) is 0.602. The summed E-state index contributed by atoms with van der Waals surface area (Å²) < 4.78 is 27.0.